The first-order valence-corrected chi connectivity index (χ1v) is 12.1. The lowest BCUT2D eigenvalue weighted by Gasteiger charge is -2.25. The van der Waals surface area contributed by atoms with Crippen molar-refractivity contribution in [2.24, 2.45) is 11.8 Å². The van der Waals surface area contributed by atoms with Gasteiger partial charge in [0.1, 0.15) is 12.2 Å². The second kappa shape index (κ2) is 8.75. The predicted molar refractivity (Wildman–Crippen MR) is 136 cm³/mol. The lowest BCUT2D eigenvalue weighted by molar-refractivity contribution is -0.154. The van der Waals surface area contributed by atoms with E-state index in [1.54, 1.807) is 0 Å². The average molecular weight is 455 g/mol. The number of hydrogen-bond acceptors (Lipinski definition) is 4. The van der Waals surface area contributed by atoms with E-state index in [1.807, 2.05) is 27.7 Å². The molecule has 0 N–H and O–H groups in total. The molecule has 0 bridgehead atoms. The van der Waals surface area contributed by atoms with Gasteiger partial charge in [-0.1, -0.05) is 52.0 Å². The fourth-order valence-corrected chi connectivity index (χ4v) is 4.69. The van der Waals surface area contributed by atoms with Crippen molar-refractivity contribution in [2.45, 2.75) is 52.7 Å². The Labute approximate surface area is 200 Å². The van der Waals surface area contributed by atoms with E-state index in [0.29, 0.717) is 12.8 Å². The number of ether oxygens (including phenoxy) is 2. The molecule has 4 nitrogen and oxygen atoms in total. The molecule has 2 aliphatic carbocycles. The SMILES string of the molecule is CC(C)C(=O)OC1CC=Cc2cc3cc4cc5c(cc4cc3cc21)C=CCC5OC(=O)C(C)C. The molecule has 0 saturated heterocycles. The molecule has 0 aromatic heterocycles. The van der Waals surface area contributed by atoms with Crippen molar-refractivity contribution in [3.63, 3.8) is 0 Å². The zero-order valence-corrected chi connectivity index (χ0v) is 20.1. The van der Waals surface area contributed by atoms with E-state index in [4.69, 9.17) is 9.47 Å². The Morgan fingerprint density at radius 1 is 0.647 bits per heavy atom. The molecule has 3 aromatic carbocycles. The highest BCUT2D eigenvalue weighted by Crippen LogP contribution is 2.38. The molecule has 2 aliphatic rings. The summed E-state index contributed by atoms with van der Waals surface area (Å²) in [5.74, 6) is -0.643. The minimum Gasteiger partial charge on any atom is -0.457 e. The Balaban J connectivity index is 1.56. The number of fused-ring (bicyclic) bond motifs is 4. The van der Waals surface area contributed by atoms with Gasteiger partial charge >= 0.3 is 11.9 Å². The monoisotopic (exact) mass is 454 g/mol. The maximum atomic E-state index is 12.2. The Bertz CT molecular complexity index is 1250. The van der Waals surface area contributed by atoms with Gasteiger partial charge in [-0.15, -0.1) is 0 Å². The number of carbonyl (C=O) groups is 2. The van der Waals surface area contributed by atoms with E-state index < -0.39 is 0 Å². The Hall–Kier alpha value is -3.40. The van der Waals surface area contributed by atoms with E-state index in [1.165, 1.54) is 0 Å². The van der Waals surface area contributed by atoms with Crippen LogP contribution in [0.2, 0.25) is 0 Å². The summed E-state index contributed by atoms with van der Waals surface area (Å²) in [7, 11) is 0. The zero-order valence-electron chi connectivity index (χ0n) is 20.1. The van der Waals surface area contributed by atoms with Crippen LogP contribution in [0.1, 0.15) is 75.0 Å². The van der Waals surface area contributed by atoms with E-state index in [2.05, 4.69) is 60.7 Å². The van der Waals surface area contributed by atoms with Crippen LogP contribution in [-0.2, 0) is 19.1 Å². The number of hydrogen-bond donors (Lipinski definition) is 0. The van der Waals surface area contributed by atoms with Gasteiger partial charge in [0.2, 0.25) is 0 Å². The molecule has 0 spiro atoms. The molecule has 2 atom stereocenters. The van der Waals surface area contributed by atoms with Crippen LogP contribution in [-0.4, -0.2) is 11.9 Å². The Morgan fingerprint density at radius 2 is 1.03 bits per heavy atom. The minimum atomic E-state index is -0.252. The summed E-state index contributed by atoms with van der Waals surface area (Å²) in [5.41, 5.74) is 4.29. The van der Waals surface area contributed by atoms with Crippen LogP contribution in [0.25, 0.3) is 33.7 Å². The summed E-state index contributed by atoms with van der Waals surface area (Å²) < 4.78 is 11.6. The topological polar surface area (TPSA) is 52.6 Å². The minimum absolute atomic E-state index is 0.151. The number of esters is 2. The van der Waals surface area contributed by atoms with Crippen molar-refractivity contribution in [3.05, 3.63) is 70.8 Å². The maximum absolute atomic E-state index is 12.2. The third-order valence-electron chi connectivity index (χ3n) is 6.65. The summed E-state index contributed by atoms with van der Waals surface area (Å²) in [6.07, 6.45) is 9.25. The first kappa shape index (κ1) is 22.4. The second-order valence-corrected chi connectivity index (χ2v) is 9.95. The summed E-state index contributed by atoms with van der Waals surface area (Å²) in [6.45, 7) is 7.44. The molecule has 34 heavy (non-hydrogen) atoms. The van der Waals surface area contributed by atoms with Crippen LogP contribution in [0.5, 0.6) is 0 Å². The third kappa shape index (κ3) is 4.13. The molecular formula is C30H30O4. The van der Waals surface area contributed by atoms with Gasteiger partial charge in [-0.25, -0.2) is 0 Å². The van der Waals surface area contributed by atoms with Gasteiger partial charge in [-0.05, 0) is 69.1 Å². The number of carbonyl (C=O) groups excluding carboxylic acids is 2. The molecule has 0 saturated carbocycles. The molecule has 2 unspecified atom stereocenters. The van der Waals surface area contributed by atoms with Crippen molar-refractivity contribution >= 4 is 45.6 Å². The zero-order chi connectivity index (χ0) is 24.0. The highest BCUT2D eigenvalue weighted by molar-refractivity contribution is 6.00. The van der Waals surface area contributed by atoms with Crippen molar-refractivity contribution in [1.82, 2.24) is 0 Å². The molecule has 0 amide bonds. The highest BCUT2D eigenvalue weighted by atomic mass is 16.5. The van der Waals surface area contributed by atoms with Gasteiger partial charge in [0, 0.05) is 24.0 Å². The van der Waals surface area contributed by atoms with Crippen LogP contribution in [0, 0.1) is 11.8 Å². The van der Waals surface area contributed by atoms with Gasteiger partial charge in [0.15, 0.2) is 0 Å². The normalized spacial score (nSPS) is 18.9. The van der Waals surface area contributed by atoms with Gasteiger partial charge in [-0.3, -0.25) is 9.59 Å². The molecule has 0 aliphatic heterocycles. The number of rotatable bonds is 4. The first-order chi connectivity index (χ1) is 16.3. The van der Waals surface area contributed by atoms with Crippen molar-refractivity contribution in [1.29, 1.82) is 0 Å². The van der Waals surface area contributed by atoms with Gasteiger partial charge in [0.05, 0.1) is 11.8 Å². The molecule has 174 valence electrons. The molecular weight excluding hydrogens is 424 g/mol. The van der Waals surface area contributed by atoms with Gasteiger partial charge in [-0.2, -0.15) is 0 Å². The molecule has 0 fully saturated rings. The van der Waals surface area contributed by atoms with E-state index in [-0.39, 0.29) is 36.0 Å². The summed E-state index contributed by atoms with van der Waals surface area (Å²) >= 11 is 0. The lowest BCUT2D eigenvalue weighted by atomic mass is 9.88. The van der Waals surface area contributed by atoms with Gasteiger partial charge < -0.3 is 9.47 Å². The predicted octanol–water partition coefficient (Wildman–Crippen LogP) is 7.31. The maximum Gasteiger partial charge on any atom is 0.308 e. The van der Waals surface area contributed by atoms with Crippen molar-refractivity contribution in [3.8, 4) is 0 Å². The van der Waals surface area contributed by atoms with E-state index in [0.717, 1.165) is 43.8 Å². The summed E-state index contributed by atoms with van der Waals surface area (Å²) in [4.78, 5) is 24.5. The van der Waals surface area contributed by atoms with Crippen LogP contribution in [0.3, 0.4) is 0 Å². The summed E-state index contributed by atoms with van der Waals surface area (Å²) in [6, 6.07) is 13.1. The molecule has 0 radical (unpaired) electrons. The average Bonchev–Trinajstić information content (AvgIpc) is 2.80. The standard InChI is InChI=1S/C30H30O4/c1-17(2)29(31)33-27-9-5-7-19-11-21-14-24-16-26-20(12-22(24)13-23(21)15-25(19)27)8-6-10-28(26)34-30(32)18(3)4/h5-8,11-18,27-28H,9-10H2,1-4H3. The van der Waals surface area contributed by atoms with Crippen LogP contribution >= 0.6 is 0 Å². The molecule has 5 rings (SSSR count). The van der Waals surface area contributed by atoms with E-state index >= 15 is 0 Å². The molecule has 4 heteroatoms. The first-order valence-electron chi connectivity index (χ1n) is 12.1. The fourth-order valence-electron chi connectivity index (χ4n) is 4.69. The summed E-state index contributed by atoms with van der Waals surface area (Å²) in [5, 5.41) is 4.51. The van der Waals surface area contributed by atoms with E-state index in [9.17, 15) is 9.59 Å². The lowest BCUT2D eigenvalue weighted by Crippen LogP contribution is -2.17. The Kier molecular flexibility index (Phi) is 5.76. The van der Waals surface area contributed by atoms with Crippen molar-refractivity contribution < 1.29 is 19.1 Å². The molecule has 3 aromatic rings. The van der Waals surface area contributed by atoms with Crippen LogP contribution < -0.4 is 0 Å². The quantitative estimate of drug-likeness (QED) is 0.306. The smallest absolute Gasteiger partial charge is 0.308 e. The highest BCUT2D eigenvalue weighted by Gasteiger charge is 2.25. The van der Waals surface area contributed by atoms with Crippen molar-refractivity contribution in [2.75, 3.05) is 0 Å². The third-order valence-corrected chi connectivity index (χ3v) is 6.65. The molecule has 0 heterocycles. The fraction of sp³-hybridized carbons (Fsp3) is 0.333. The van der Waals surface area contributed by atoms with Crippen LogP contribution in [0.4, 0.5) is 0 Å². The van der Waals surface area contributed by atoms with Crippen LogP contribution in [0.15, 0.2) is 48.6 Å². The van der Waals surface area contributed by atoms with Gasteiger partial charge in [0.25, 0.3) is 0 Å². The number of benzene rings is 3. The second-order valence-electron chi connectivity index (χ2n) is 9.95. The Morgan fingerprint density at radius 3 is 1.41 bits per heavy atom. The largest absolute Gasteiger partial charge is 0.457 e.